The number of carbonyl (C=O) groups is 1. The molecule has 0 spiro atoms. The van der Waals surface area contributed by atoms with E-state index in [0.29, 0.717) is 17.9 Å². The highest BCUT2D eigenvalue weighted by atomic mass is 16.5. The van der Waals surface area contributed by atoms with Gasteiger partial charge in [-0.2, -0.15) is 10.1 Å². The summed E-state index contributed by atoms with van der Waals surface area (Å²) in [5.41, 5.74) is 5.92. The number of aromatic nitrogens is 4. The second-order valence-corrected chi connectivity index (χ2v) is 6.36. The number of ether oxygens (including phenoxy) is 1. The van der Waals surface area contributed by atoms with Crippen LogP contribution in [0.3, 0.4) is 0 Å². The van der Waals surface area contributed by atoms with Crippen LogP contribution >= 0.6 is 0 Å². The molecule has 6 heteroatoms. The maximum atomic E-state index is 12.4. The predicted molar refractivity (Wildman–Crippen MR) is 94.9 cm³/mol. The van der Waals surface area contributed by atoms with Gasteiger partial charge in [-0.25, -0.2) is 9.50 Å². The molecular weight excluding hydrogens is 316 g/mol. The number of benzene rings is 1. The monoisotopic (exact) mass is 338 g/mol. The summed E-state index contributed by atoms with van der Waals surface area (Å²) in [6.45, 7) is 9.83. The van der Waals surface area contributed by atoms with Crippen LogP contribution in [0.4, 0.5) is 0 Å². The fourth-order valence-electron chi connectivity index (χ4n) is 2.99. The Kier molecular flexibility index (Phi) is 4.53. The Morgan fingerprint density at radius 2 is 1.84 bits per heavy atom. The van der Waals surface area contributed by atoms with Gasteiger partial charge in [0.1, 0.15) is 12.1 Å². The van der Waals surface area contributed by atoms with Crippen molar-refractivity contribution in [3.05, 3.63) is 52.1 Å². The van der Waals surface area contributed by atoms with Crippen LogP contribution in [0.5, 0.6) is 5.75 Å². The second kappa shape index (κ2) is 6.63. The number of fused-ring (bicyclic) bond motifs is 1. The van der Waals surface area contributed by atoms with Crippen molar-refractivity contribution >= 4 is 11.7 Å². The summed E-state index contributed by atoms with van der Waals surface area (Å²) in [5, 5.41) is 4.17. The molecule has 2 aromatic heterocycles. The van der Waals surface area contributed by atoms with Crippen molar-refractivity contribution in [2.24, 2.45) is 0 Å². The molecule has 0 aliphatic heterocycles. The van der Waals surface area contributed by atoms with Crippen molar-refractivity contribution in [2.45, 2.75) is 47.5 Å². The van der Waals surface area contributed by atoms with E-state index in [2.05, 4.69) is 15.1 Å². The number of hydrogen-bond donors (Lipinski definition) is 0. The second-order valence-electron chi connectivity index (χ2n) is 6.36. The highest BCUT2D eigenvalue weighted by Gasteiger charge is 2.15. The highest BCUT2D eigenvalue weighted by Crippen LogP contribution is 2.26. The average Bonchev–Trinajstić information content (AvgIpc) is 3.03. The van der Waals surface area contributed by atoms with Gasteiger partial charge >= 0.3 is 5.97 Å². The molecule has 0 saturated heterocycles. The van der Waals surface area contributed by atoms with Crippen LogP contribution in [0, 0.1) is 34.6 Å². The van der Waals surface area contributed by atoms with Gasteiger partial charge in [0.05, 0.1) is 6.42 Å². The van der Waals surface area contributed by atoms with Gasteiger partial charge in [-0.3, -0.25) is 4.79 Å². The third-order valence-electron chi connectivity index (χ3n) is 4.66. The van der Waals surface area contributed by atoms with E-state index < -0.39 is 0 Å². The lowest BCUT2D eigenvalue weighted by molar-refractivity contribution is -0.134. The van der Waals surface area contributed by atoms with Gasteiger partial charge in [0.2, 0.25) is 0 Å². The first kappa shape index (κ1) is 17.1. The van der Waals surface area contributed by atoms with Crippen LogP contribution in [-0.2, 0) is 11.2 Å². The van der Waals surface area contributed by atoms with Crippen molar-refractivity contribution in [1.82, 2.24) is 19.6 Å². The van der Waals surface area contributed by atoms with Crippen LogP contribution in [0.1, 0.15) is 40.1 Å². The zero-order chi connectivity index (χ0) is 18.1. The van der Waals surface area contributed by atoms with E-state index in [1.807, 2.05) is 46.8 Å². The lowest BCUT2D eigenvalue weighted by Gasteiger charge is -2.13. The summed E-state index contributed by atoms with van der Waals surface area (Å²) < 4.78 is 7.33. The number of nitrogens with zero attached hydrogens (tertiary/aromatic N) is 4. The Morgan fingerprint density at radius 3 is 2.60 bits per heavy atom. The minimum atomic E-state index is -0.241. The third kappa shape index (κ3) is 3.24. The Labute approximate surface area is 146 Å². The fourth-order valence-corrected chi connectivity index (χ4v) is 2.99. The Balaban J connectivity index is 1.76. The fraction of sp³-hybridized carbons (Fsp3) is 0.368. The standard InChI is InChI=1S/C19H22N4O2/c1-11-6-7-12(2)18(13(11)3)25-17(24)9-8-16-14(4)22-19-20-10-21-23(19)15(16)5/h6-7,10H,8-9H2,1-5H3. The smallest absolute Gasteiger partial charge is 0.311 e. The lowest BCUT2D eigenvalue weighted by Crippen LogP contribution is -2.13. The number of hydrogen-bond acceptors (Lipinski definition) is 5. The molecule has 0 aliphatic carbocycles. The van der Waals surface area contributed by atoms with E-state index >= 15 is 0 Å². The molecule has 3 aromatic rings. The van der Waals surface area contributed by atoms with Crippen LogP contribution in [-0.4, -0.2) is 25.6 Å². The predicted octanol–water partition coefficient (Wildman–Crippen LogP) is 3.20. The molecule has 2 heterocycles. The van der Waals surface area contributed by atoms with Crippen molar-refractivity contribution in [1.29, 1.82) is 0 Å². The SMILES string of the molecule is Cc1ccc(C)c(OC(=O)CCc2c(C)nc3ncnn3c2C)c1C. The molecule has 130 valence electrons. The first-order chi connectivity index (χ1) is 11.9. The van der Waals surface area contributed by atoms with E-state index in [1.165, 1.54) is 6.33 Å². The van der Waals surface area contributed by atoms with Gasteiger partial charge in [0, 0.05) is 11.4 Å². The van der Waals surface area contributed by atoms with E-state index in [-0.39, 0.29) is 12.4 Å². The van der Waals surface area contributed by atoms with Crippen LogP contribution in [0.2, 0.25) is 0 Å². The maximum absolute atomic E-state index is 12.4. The van der Waals surface area contributed by atoms with Crippen molar-refractivity contribution < 1.29 is 9.53 Å². The Morgan fingerprint density at radius 1 is 1.12 bits per heavy atom. The topological polar surface area (TPSA) is 69.4 Å². The van der Waals surface area contributed by atoms with Gasteiger partial charge in [-0.15, -0.1) is 0 Å². The molecule has 0 amide bonds. The molecule has 0 aliphatic rings. The van der Waals surface area contributed by atoms with Crippen molar-refractivity contribution in [3.8, 4) is 5.75 Å². The van der Waals surface area contributed by atoms with Gasteiger partial charge in [0.25, 0.3) is 5.78 Å². The summed E-state index contributed by atoms with van der Waals surface area (Å²) in [6.07, 6.45) is 2.33. The first-order valence-corrected chi connectivity index (χ1v) is 8.31. The molecule has 3 rings (SSSR count). The lowest BCUT2D eigenvalue weighted by atomic mass is 10.0. The largest absolute Gasteiger partial charge is 0.426 e. The normalized spacial score (nSPS) is 11.1. The van der Waals surface area contributed by atoms with E-state index in [1.54, 1.807) is 4.52 Å². The van der Waals surface area contributed by atoms with E-state index in [4.69, 9.17) is 4.74 Å². The van der Waals surface area contributed by atoms with Crippen molar-refractivity contribution in [3.63, 3.8) is 0 Å². The summed E-state index contributed by atoms with van der Waals surface area (Å²) >= 11 is 0. The molecular formula is C19H22N4O2. The molecule has 0 atom stereocenters. The molecule has 0 fully saturated rings. The highest BCUT2D eigenvalue weighted by molar-refractivity contribution is 5.74. The summed E-state index contributed by atoms with van der Waals surface area (Å²) in [4.78, 5) is 20.9. The number of rotatable bonds is 4. The van der Waals surface area contributed by atoms with Crippen LogP contribution < -0.4 is 4.74 Å². The van der Waals surface area contributed by atoms with Crippen LogP contribution in [0.15, 0.2) is 18.5 Å². The summed E-state index contributed by atoms with van der Waals surface area (Å²) in [7, 11) is 0. The zero-order valence-corrected chi connectivity index (χ0v) is 15.3. The molecule has 0 N–H and O–H groups in total. The summed E-state index contributed by atoms with van der Waals surface area (Å²) in [5.74, 6) is 1.00. The van der Waals surface area contributed by atoms with Gasteiger partial charge in [0.15, 0.2) is 0 Å². The maximum Gasteiger partial charge on any atom is 0.311 e. The van der Waals surface area contributed by atoms with E-state index in [0.717, 1.165) is 33.6 Å². The quantitative estimate of drug-likeness (QED) is 0.540. The minimum absolute atomic E-state index is 0.241. The minimum Gasteiger partial charge on any atom is -0.426 e. The summed E-state index contributed by atoms with van der Waals surface area (Å²) in [6, 6.07) is 4.01. The number of aryl methyl sites for hydroxylation is 4. The molecule has 0 unspecified atom stereocenters. The Bertz CT molecular complexity index is 960. The van der Waals surface area contributed by atoms with E-state index in [9.17, 15) is 4.79 Å². The molecule has 0 bridgehead atoms. The third-order valence-corrected chi connectivity index (χ3v) is 4.66. The molecule has 6 nitrogen and oxygen atoms in total. The first-order valence-electron chi connectivity index (χ1n) is 8.31. The van der Waals surface area contributed by atoms with Gasteiger partial charge in [-0.05, 0) is 63.3 Å². The van der Waals surface area contributed by atoms with Gasteiger partial charge < -0.3 is 4.74 Å². The average molecular weight is 338 g/mol. The Hall–Kier alpha value is -2.76. The molecule has 0 saturated carbocycles. The van der Waals surface area contributed by atoms with Crippen LogP contribution in [0.25, 0.3) is 5.78 Å². The van der Waals surface area contributed by atoms with Gasteiger partial charge in [-0.1, -0.05) is 12.1 Å². The zero-order valence-electron chi connectivity index (χ0n) is 15.3. The number of esters is 1. The molecule has 25 heavy (non-hydrogen) atoms. The molecule has 0 radical (unpaired) electrons. The molecule has 1 aromatic carbocycles. The van der Waals surface area contributed by atoms with Crippen molar-refractivity contribution in [2.75, 3.05) is 0 Å². The number of carbonyl (C=O) groups excluding carboxylic acids is 1.